The van der Waals surface area contributed by atoms with E-state index in [1.165, 1.54) is 18.9 Å². The van der Waals surface area contributed by atoms with Crippen LogP contribution >= 0.6 is 0 Å². The first kappa shape index (κ1) is 7.97. The highest BCUT2D eigenvalue weighted by molar-refractivity contribution is 5.76. The number of aromatic nitrogens is 2. The SMILES string of the molecule is Cc1nc2c(F)cccc2n1C1CC1. The van der Waals surface area contributed by atoms with Gasteiger partial charge in [-0.05, 0) is 31.9 Å². The maximum absolute atomic E-state index is 13.4. The van der Waals surface area contributed by atoms with E-state index >= 15 is 0 Å². The number of halogens is 1. The van der Waals surface area contributed by atoms with Gasteiger partial charge in [0, 0.05) is 6.04 Å². The fourth-order valence-electron chi connectivity index (χ4n) is 1.99. The first-order valence-corrected chi connectivity index (χ1v) is 4.90. The molecule has 14 heavy (non-hydrogen) atoms. The van der Waals surface area contributed by atoms with Crippen molar-refractivity contribution in [3.63, 3.8) is 0 Å². The van der Waals surface area contributed by atoms with E-state index in [2.05, 4.69) is 9.55 Å². The van der Waals surface area contributed by atoms with E-state index in [1.54, 1.807) is 6.07 Å². The van der Waals surface area contributed by atoms with Crippen molar-refractivity contribution in [2.24, 2.45) is 0 Å². The molecule has 2 aromatic rings. The lowest BCUT2D eigenvalue weighted by Gasteiger charge is -2.02. The highest BCUT2D eigenvalue weighted by Crippen LogP contribution is 2.38. The van der Waals surface area contributed by atoms with Gasteiger partial charge >= 0.3 is 0 Å². The van der Waals surface area contributed by atoms with E-state index in [9.17, 15) is 4.39 Å². The maximum atomic E-state index is 13.4. The summed E-state index contributed by atoms with van der Waals surface area (Å²) < 4.78 is 15.5. The van der Waals surface area contributed by atoms with Gasteiger partial charge < -0.3 is 4.57 Å². The second kappa shape index (κ2) is 2.56. The minimum atomic E-state index is -0.218. The molecule has 0 atom stereocenters. The summed E-state index contributed by atoms with van der Waals surface area (Å²) >= 11 is 0. The third-order valence-corrected chi connectivity index (χ3v) is 2.76. The summed E-state index contributed by atoms with van der Waals surface area (Å²) in [5.41, 5.74) is 1.45. The molecule has 0 bridgehead atoms. The van der Waals surface area contributed by atoms with Crippen molar-refractivity contribution in [3.05, 3.63) is 29.8 Å². The fraction of sp³-hybridized carbons (Fsp3) is 0.364. The predicted octanol–water partition coefficient (Wildman–Crippen LogP) is 2.82. The molecule has 1 aromatic heterocycles. The summed E-state index contributed by atoms with van der Waals surface area (Å²) in [6.45, 7) is 1.94. The van der Waals surface area contributed by atoms with Gasteiger partial charge in [0.1, 0.15) is 11.3 Å². The number of hydrogen-bond acceptors (Lipinski definition) is 1. The molecular formula is C11H11FN2. The number of rotatable bonds is 1. The van der Waals surface area contributed by atoms with Crippen LogP contribution in [0, 0.1) is 12.7 Å². The molecule has 0 saturated heterocycles. The molecule has 3 heteroatoms. The highest BCUT2D eigenvalue weighted by atomic mass is 19.1. The van der Waals surface area contributed by atoms with Gasteiger partial charge in [-0.3, -0.25) is 0 Å². The van der Waals surface area contributed by atoms with Crippen molar-refractivity contribution >= 4 is 11.0 Å². The van der Waals surface area contributed by atoms with Crippen molar-refractivity contribution in [1.29, 1.82) is 0 Å². The Labute approximate surface area is 81.4 Å². The average Bonchev–Trinajstić information content (AvgIpc) is 2.91. The zero-order chi connectivity index (χ0) is 9.71. The number of nitrogens with zero attached hydrogens (tertiary/aromatic N) is 2. The lowest BCUT2D eigenvalue weighted by atomic mass is 10.3. The van der Waals surface area contributed by atoms with E-state index in [4.69, 9.17) is 0 Å². The Morgan fingerprint density at radius 2 is 2.21 bits per heavy atom. The highest BCUT2D eigenvalue weighted by Gasteiger charge is 2.27. The molecule has 0 radical (unpaired) electrons. The van der Waals surface area contributed by atoms with Crippen LogP contribution in [0.1, 0.15) is 24.7 Å². The number of fused-ring (bicyclic) bond motifs is 1. The number of para-hydroxylation sites is 1. The molecule has 1 heterocycles. The zero-order valence-electron chi connectivity index (χ0n) is 8.00. The summed E-state index contributed by atoms with van der Waals surface area (Å²) in [5.74, 6) is 0.706. The van der Waals surface area contributed by atoms with Gasteiger partial charge in [-0.15, -0.1) is 0 Å². The Balaban J connectivity index is 2.37. The van der Waals surface area contributed by atoms with Crippen LogP contribution in [0.15, 0.2) is 18.2 Å². The van der Waals surface area contributed by atoms with E-state index in [-0.39, 0.29) is 5.82 Å². The quantitative estimate of drug-likeness (QED) is 0.676. The van der Waals surface area contributed by atoms with Crippen molar-refractivity contribution in [2.75, 3.05) is 0 Å². The van der Waals surface area contributed by atoms with Crippen molar-refractivity contribution < 1.29 is 4.39 Å². The molecule has 1 aromatic carbocycles. The Morgan fingerprint density at radius 3 is 2.93 bits per heavy atom. The topological polar surface area (TPSA) is 17.8 Å². The van der Waals surface area contributed by atoms with Gasteiger partial charge in [-0.25, -0.2) is 9.37 Å². The molecule has 1 aliphatic rings. The third kappa shape index (κ3) is 0.983. The van der Waals surface area contributed by atoms with Crippen LogP contribution in [-0.2, 0) is 0 Å². The van der Waals surface area contributed by atoms with Gasteiger partial charge in [0.05, 0.1) is 5.52 Å². The van der Waals surface area contributed by atoms with E-state index in [0.29, 0.717) is 11.6 Å². The van der Waals surface area contributed by atoms with Gasteiger partial charge in [-0.2, -0.15) is 0 Å². The molecule has 72 valence electrons. The van der Waals surface area contributed by atoms with Crippen LogP contribution in [0.2, 0.25) is 0 Å². The molecule has 2 nitrogen and oxygen atoms in total. The predicted molar refractivity (Wildman–Crippen MR) is 52.7 cm³/mol. The van der Waals surface area contributed by atoms with Crippen LogP contribution in [0.5, 0.6) is 0 Å². The van der Waals surface area contributed by atoms with Crippen molar-refractivity contribution in [1.82, 2.24) is 9.55 Å². The van der Waals surface area contributed by atoms with Gasteiger partial charge in [0.15, 0.2) is 5.82 Å². The largest absolute Gasteiger partial charge is 0.325 e. The zero-order valence-corrected chi connectivity index (χ0v) is 8.00. The molecule has 1 saturated carbocycles. The summed E-state index contributed by atoms with van der Waals surface area (Å²) in [4.78, 5) is 4.26. The standard InChI is InChI=1S/C11H11FN2/c1-7-13-11-9(12)3-2-4-10(11)14(7)8-5-6-8/h2-4,8H,5-6H2,1H3. The molecule has 0 aliphatic heterocycles. The molecule has 1 aliphatic carbocycles. The fourth-order valence-corrected chi connectivity index (χ4v) is 1.99. The maximum Gasteiger partial charge on any atom is 0.151 e. The number of imidazole rings is 1. The molecule has 0 spiro atoms. The average molecular weight is 190 g/mol. The van der Waals surface area contributed by atoms with E-state index in [0.717, 1.165) is 11.3 Å². The minimum Gasteiger partial charge on any atom is -0.325 e. The lowest BCUT2D eigenvalue weighted by molar-refractivity contribution is 0.637. The van der Waals surface area contributed by atoms with Gasteiger partial charge in [-0.1, -0.05) is 6.07 Å². The summed E-state index contributed by atoms with van der Waals surface area (Å²) in [7, 11) is 0. The first-order chi connectivity index (χ1) is 6.77. The van der Waals surface area contributed by atoms with Crippen molar-refractivity contribution in [3.8, 4) is 0 Å². The normalized spacial score (nSPS) is 16.4. The summed E-state index contributed by atoms with van der Waals surface area (Å²) in [6.07, 6.45) is 2.39. The molecular weight excluding hydrogens is 179 g/mol. The van der Waals surface area contributed by atoms with Crippen LogP contribution in [0.4, 0.5) is 4.39 Å². The Kier molecular flexibility index (Phi) is 1.46. The Morgan fingerprint density at radius 1 is 1.43 bits per heavy atom. The molecule has 0 amide bonds. The third-order valence-electron chi connectivity index (χ3n) is 2.76. The molecule has 1 fully saturated rings. The van der Waals surface area contributed by atoms with Crippen LogP contribution in [0.25, 0.3) is 11.0 Å². The second-order valence-corrected chi connectivity index (χ2v) is 3.87. The smallest absolute Gasteiger partial charge is 0.151 e. The van der Waals surface area contributed by atoms with Crippen LogP contribution in [0.3, 0.4) is 0 Å². The van der Waals surface area contributed by atoms with Crippen LogP contribution in [-0.4, -0.2) is 9.55 Å². The Hall–Kier alpha value is -1.38. The summed E-state index contributed by atoms with van der Waals surface area (Å²) in [6, 6.07) is 5.71. The second-order valence-electron chi connectivity index (χ2n) is 3.87. The van der Waals surface area contributed by atoms with E-state index in [1.807, 2.05) is 13.0 Å². The first-order valence-electron chi connectivity index (χ1n) is 4.90. The van der Waals surface area contributed by atoms with Gasteiger partial charge in [0.2, 0.25) is 0 Å². The molecule has 0 N–H and O–H groups in total. The lowest BCUT2D eigenvalue weighted by Crippen LogP contribution is -1.95. The van der Waals surface area contributed by atoms with Crippen molar-refractivity contribution in [2.45, 2.75) is 25.8 Å². The number of benzene rings is 1. The number of hydrogen-bond donors (Lipinski definition) is 0. The minimum absolute atomic E-state index is 0.218. The monoisotopic (exact) mass is 190 g/mol. The van der Waals surface area contributed by atoms with Crippen LogP contribution < -0.4 is 0 Å². The molecule has 3 rings (SSSR count). The molecule has 0 unspecified atom stereocenters. The number of aryl methyl sites for hydroxylation is 1. The summed E-state index contributed by atoms with van der Waals surface area (Å²) in [5, 5.41) is 0. The Bertz CT molecular complexity index is 497. The van der Waals surface area contributed by atoms with E-state index < -0.39 is 0 Å². The van der Waals surface area contributed by atoms with Gasteiger partial charge in [0.25, 0.3) is 0 Å².